The van der Waals surface area contributed by atoms with Gasteiger partial charge in [-0.1, -0.05) is 0 Å². The topological polar surface area (TPSA) is 96.5 Å². The van der Waals surface area contributed by atoms with Crippen LogP contribution < -0.4 is 5.56 Å². The smallest absolute Gasteiger partial charge is 0.292 e. The van der Waals surface area contributed by atoms with Gasteiger partial charge in [0.05, 0.1) is 17.4 Å². The second-order valence-electron chi connectivity index (χ2n) is 7.19. The average Bonchev–Trinajstić information content (AvgIpc) is 3.22. The van der Waals surface area contributed by atoms with Crippen molar-refractivity contribution in [1.82, 2.24) is 24.5 Å². The van der Waals surface area contributed by atoms with E-state index in [-0.39, 0.29) is 23.3 Å². The molecule has 1 aliphatic rings. The third-order valence-electron chi connectivity index (χ3n) is 5.32. The Bertz CT molecular complexity index is 1090. The summed E-state index contributed by atoms with van der Waals surface area (Å²) in [7, 11) is 0. The van der Waals surface area contributed by atoms with Gasteiger partial charge >= 0.3 is 0 Å². The lowest BCUT2D eigenvalue weighted by atomic mass is 9.99. The average molecular weight is 369 g/mol. The molecule has 0 saturated carbocycles. The fourth-order valence-electron chi connectivity index (χ4n) is 3.77. The van der Waals surface area contributed by atoms with E-state index in [9.17, 15) is 9.59 Å². The summed E-state index contributed by atoms with van der Waals surface area (Å²) in [5.41, 5.74) is 3.20. The number of H-pyrrole nitrogens is 1. The molecule has 0 radical (unpaired) electrons. The Morgan fingerprint density at radius 2 is 1.96 bits per heavy atom. The highest BCUT2D eigenvalue weighted by molar-refractivity contribution is 5.92. The second-order valence-corrected chi connectivity index (χ2v) is 7.19. The van der Waals surface area contributed by atoms with Crippen molar-refractivity contribution in [3.63, 3.8) is 0 Å². The van der Waals surface area contributed by atoms with Crippen molar-refractivity contribution in [2.75, 3.05) is 6.54 Å². The number of hydrogen-bond donors (Lipinski definition) is 1. The molecule has 8 heteroatoms. The van der Waals surface area contributed by atoms with E-state index < -0.39 is 0 Å². The van der Waals surface area contributed by atoms with Gasteiger partial charge < -0.3 is 9.32 Å². The van der Waals surface area contributed by atoms with Crippen molar-refractivity contribution in [2.45, 2.75) is 53.0 Å². The Kier molecular flexibility index (Phi) is 4.13. The third kappa shape index (κ3) is 2.85. The van der Waals surface area contributed by atoms with Gasteiger partial charge in [0.15, 0.2) is 11.5 Å². The van der Waals surface area contributed by atoms with Crippen molar-refractivity contribution in [3.8, 4) is 0 Å². The molecule has 1 amide bonds. The van der Waals surface area contributed by atoms with Gasteiger partial charge in [0.1, 0.15) is 0 Å². The van der Waals surface area contributed by atoms with Crippen LogP contribution in [0, 0.1) is 27.7 Å². The Hall–Kier alpha value is -2.90. The molecular formula is C19H23N5O3. The molecule has 1 fully saturated rings. The monoisotopic (exact) mass is 369 g/mol. The number of nitrogens with zero attached hydrogens (tertiary/aromatic N) is 4. The summed E-state index contributed by atoms with van der Waals surface area (Å²) in [6, 6.07) is 1.71. The molecule has 8 nitrogen and oxygen atoms in total. The molecule has 0 bridgehead atoms. The highest BCUT2D eigenvalue weighted by Gasteiger charge is 2.33. The minimum Gasteiger partial charge on any atom is -0.436 e. The van der Waals surface area contributed by atoms with Gasteiger partial charge in [0, 0.05) is 30.8 Å². The zero-order valence-electron chi connectivity index (χ0n) is 16.0. The summed E-state index contributed by atoms with van der Waals surface area (Å²) in [6.07, 6.45) is 2.76. The van der Waals surface area contributed by atoms with E-state index in [1.807, 2.05) is 17.9 Å². The molecule has 1 N–H and O–H groups in total. The number of aryl methyl sites for hydroxylation is 3. The third-order valence-corrected chi connectivity index (χ3v) is 5.32. The molecule has 1 saturated heterocycles. The van der Waals surface area contributed by atoms with Crippen LogP contribution in [-0.4, -0.2) is 36.9 Å². The number of nitrogens with one attached hydrogen (secondary N) is 1. The van der Waals surface area contributed by atoms with Gasteiger partial charge in [0.25, 0.3) is 11.5 Å². The van der Waals surface area contributed by atoms with Crippen LogP contribution in [0.4, 0.5) is 0 Å². The van der Waals surface area contributed by atoms with E-state index >= 15 is 0 Å². The summed E-state index contributed by atoms with van der Waals surface area (Å²) in [4.78, 5) is 36.1. The van der Waals surface area contributed by atoms with E-state index in [4.69, 9.17) is 4.42 Å². The number of aromatic amines is 1. The van der Waals surface area contributed by atoms with Crippen LogP contribution in [0.2, 0.25) is 0 Å². The molecule has 4 heterocycles. The van der Waals surface area contributed by atoms with Gasteiger partial charge in [-0.25, -0.2) is 14.5 Å². The first-order chi connectivity index (χ1) is 12.9. The number of hydrogen-bond acceptors (Lipinski definition) is 5. The van der Waals surface area contributed by atoms with E-state index in [1.54, 1.807) is 20.8 Å². The number of carbonyl (C=O) groups excluding carboxylic acids is 1. The highest BCUT2D eigenvalue weighted by Crippen LogP contribution is 2.32. The van der Waals surface area contributed by atoms with Crippen molar-refractivity contribution in [3.05, 3.63) is 50.7 Å². The SMILES string of the molecule is Cc1nc(C)c(C(=O)N2CCCC[C@@H]2c2cc3nc(C)c(C)c(=O)n3[nH]2)o1. The summed E-state index contributed by atoms with van der Waals surface area (Å²) in [5.74, 6) is 0.610. The van der Waals surface area contributed by atoms with Crippen LogP contribution in [0.1, 0.15) is 64.4 Å². The minimum atomic E-state index is -0.163. The van der Waals surface area contributed by atoms with Gasteiger partial charge in [0.2, 0.25) is 5.76 Å². The molecule has 3 aromatic heterocycles. The number of likely N-dealkylation sites (tertiary alicyclic amines) is 1. The Balaban J connectivity index is 1.76. The van der Waals surface area contributed by atoms with Crippen molar-refractivity contribution < 1.29 is 9.21 Å². The highest BCUT2D eigenvalue weighted by atomic mass is 16.4. The first kappa shape index (κ1) is 17.5. The molecule has 4 rings (SSSR count). The molecule has 0 unspecified atom stereocenters. The minimum absolute atomic E-state index is 0.112. The van der Waals surface area contributed by atoms with Gasteiger partial charge in [-0.15, -0.1) is 0 Å². The summed E-state index contributed by atoms with van der Waals surface area (Å²) in [6.45, 7) is 7.74. The maximum absolute atomic E-state index is 13.1. The number of oxazole rings is 1. The first-order valence-corrected chi connectivity index (χ1v) is 9.20. The fraction of sp³-hybridized carbons (Fsp3) is 0.474. The van der Waals surface area contributed by atoms with E-state index in [0.717, 1.165) is 30.7 Å². The van der Waals surface area contributed by atoms with E-state index in [1.165, 1.54) is 4.52 Å². The van der Waals surface area contributed by atoms with Crippen LogP contribution in [0.3, 0.4) is 0 Å². The quantitative estimate of drug-likeness (QED) is 0.749. The summed E-state index contributed by atoms with van der Waals surface area (Å²) in [5, 5.41) is 3.16. The normalized spacial score (nSPS) is 17.6. The number of amides is 1. The number of rotatable bonds is 2. The maximum atomic E-state index is 13.1. The maximum Gasteiger partial charge on any atom is 0.292 e. The molecule has 27 heavy (non-hydrogen) atoms. The standard InChI is InChI=1S/C19H23N5O3/c1-10-11(2)21-16-9-14(22-24(16)18(10)25)15-7-5-6-8-23(15)19(26)17-12(3)20-13(4)27-17/h9,15,22H,5-8H2,1-4H3/t15-/m1/s1. The van der Waals surface area contributed by atoms with Crippen molar-refractivity contribution in [2.24, 2.45) is 0 Å². The van der Waals surface area contributed by atoms with Crippen LogP contribution in [0.5, 0.6) is 0 Å². The molecule has 0 spiro atoms. The van der Waals surface area contributed by atoms with Crippen molar-refractivity contribution >= 4 is 11.6 Å². The molecular weight excluding hydrogens is 346 g/mol. The second kappa shape index (κ2) is 6.37. The lowest BCUT2D eigenvalue weighted by molar-refractivity contribution is 0.0570. The van der Waals surface area contributed by atoms with E-state index in [2.05, 4.69) is 15.1 Å². The number of aromatic nitrogens is 4. The number of carbonyl (C=O) groups is 1. The largest absolute Gasteiger partial charge is 0.436 e. The Labute approximate surface area is 156 Å². The van der Waals surface area contributed by atoms with Gasteiger partial charge in [-0.05, 0) is 40.0 Å². The molecule has 1 aliphatic heterocycles. The van der Waals surface area contributed by atoms with Crippen LogP contribution in [-0.2, 0) is 0 Å². The fourth-order valence-corrected chi connectivity index (χ4v) is 3.77. The molecule has 142 valence electrons. The Morgan fingerprint density at radius 1 is 1.19 bits per heavy atom. The lowest BCUT2D eigenvalue weighted by Gasteiger charge is -2.34. The van der Waals surface area contributed by atoms with Crippen LogP contribution in [0.25, 0.3) is 5.65 Å². The Morgan fingerprint density at radius 3 is 2.67 bits per heavy atom. The van der Waals surface area contributed by atoms with Gasteiger partial charge in [-0.3, -0.25) is 14.7 Å². The van der Waals surface area contributed by atoms with Crippen LogP contribution in [0.15, 0.2) is 15.3 Å². The van der Waals surface area contributed by atoms with E-state index in [0.29, 0.717) is 29.3 Å². The first-order valence-electron chi connectivity index (χ1n) is 9.20. The summed E-state index contributed by atoms with van der Waals surface area (Å²) >= 11 is 0. The zero-order valence-corrected chi connectivity index (χ0v) is 16.0. The molecule has 0 aliphatic carbocycles. The van der Waals surface area contributed by atoms with Gasteiger partial charge in [-0.2, -0.15) is 0 Å². The molecule has 3 aromatic rings. The van der Waals surface area contributed by atoms with Crippen LogP contribution >= 0.6 is 0 Å². The van der Waals surface area contributed by atoms with Crippen molar-refractivity contribution in [1.29, 1.82) is 0 Å². The lowest BCUT2D eigenvalue weighted by Crippen LogP contribution is -2.39. The predicted octanol–water partition coefficient (Wildman–Crippen LogP) is 2.61. The number of fused-ring (bicyclic) bond motifs is 1. The molecule has 0 aromatic carbocycles. The molecule has 1 atom stereocenters. The number of piperidine rings is 1. The zero-order chi connectivity index (χ0) is 19.3. The predicted molar refractivity (Wildman–Crippen MR) is 98.9 cm³/mol. The summed E-state index contributed by atoms with van der Waals surface area (Å²) < 4.78 is 7.00.